The molecule has 0 spiro atoms. The second kappa shape index (κ2) is 9.91. The van der Waals surface area contributed by atoms with Crippen molar-refractivity contribution in [2.75, 3.05) is 23.3 Å². The molecule has 1 aromatic carbocycles. The lowest BCUT2D eigenvalue weighted by atomic mass is 9.97. The molecule has 0 bridgehead atoms. The predicted octanol–water partition coefficient (Wildman–Crippen LogP) is 4.78. The highest BCUT2D eigenvalue weighted by atomic mass is 35.5. The second-order valence-corrected chi connectivity index (χ2v) is 9.70. The summed E-state index contributed by atoms with van der Waals surface area (Å²) in [6, 6.07) is 7.21. The number of piperidine rings is 1. The number of benzene rings is 1. The van der Waals surface area contributed by atoms with E-state index in [4.69, 9.17) is 23.2 Å². The molecule has 1 fully saturated rings. The molecular weight excluding hydrogens is 463 g/mol. The minimum absolute atomic E-state index is 0.0579. The molecule has 1 saturated heterocycles. The molecule has 2 aromatic heterocycles. The maximum Gasteiger partial charge on any atom is 0.231 e. The van der Waals surface area contributed by atoms with Crippen LogP contribution in [0.15, 0.2) is 41.0 Å². The number of nitrogens with zero attached hydrogens (tertiary/aromatic N) is 5. The fraction of sp³-hybridized carbons (Fsp3) is 0.316. The topological polar surface area (TPSA) is 83.9 Å². The van der Waals surface area contributed by atoms with Gasteiger partial charge in [0.15, 0.2) is 4.34 Å². The average Bonchev–Trinajstić information content (AvgIpc) is 3.21. The highest BCUT2D eigenvalue weighted by Crippen LogP contribution is 2.34. The van der Waals surface area contributed by atoms with Crippen molar-refractivity contribution in [3.05, 3.63) is 52.3 Å². The lowest BCUT2D eigenvalue weighted by Crippen LogP contribution is -2.41. The van der Waals surface area contributed by atoms with Crippen LogP contribution in [0.1, 0.15) is 18.4 Å². The van der Waals surface area contributed by atoms with Crippen molar-refractivity contribution in [1.29, 1.82) is 0 Å². The summed E-state index contributed by atoms with van der Waals surface area (Å²) in [4.78, 5) is 23.4. The third-order valence-electron chi connectivity index (χ3n) is 4.67. The number of aromatic nitrogens is 4. The summed E-state index contributed by atoms with van der Waals surface area (Å²) in [5.74, 6) is 1.03. The smallest absolute Gasteiger partial charge is 0.231 e. The second-order valence-electron chi connectivity index (χ2n) is 6.69. The third-order valence-corrected chi connectivity index (χ3v) is 7.37. The van der Waals surface area contributed by atoms with Gasteiger partial charge in [0.25, 0.3) is 0 Å². The van der Waals surface area contributed by atoms with Crippen LogP contribution in [0.5, 0.6) is 0 Å². The Morgan fingerprint density at radius 2 is 1.97 bits per heavy atom. The first-order valence-corrected chi connectivity index (χ1v) is 11.9. The van der Waals surface area contributed by atoms with Crippen LogP contribution in [-0.2, 0) is 10.5 Å². The molecule has 1 N–H and O–H groups in total. The molecule has 1 aliphatic rings. The molecule has 0 radical (unpaired) electrons. The van der Waals surface area contributed by atoms with E-state index >= 15 is 0 Å². The van der Waals surface area contributed by atoms with Gasteiger partial charge in [-0.15, -0.1) is 10.2 Å². The van der Waals surface area contributed by atoms with Crippen LogP contribution in [0.3, 0.4) is 0 Å². The summed E-state index contributed by atoms with van der Waals surface area (Å²) < 4.78 is 0.740. The fourth-order valence-electron chi connectivity index (χ4n) is 3.16. The number of hydrogen-bond donors (Lipinski definition) is 1. The first-order chi connectivity index (χ1) is 14.6. The molecule has 1 amide bonds. The molecule has 156 valence electrons. The largest absolute Gasteiger partial charge is 0.340 e. The molecule has 1 atom stereocenters. The van der Waals surface area contributed by atoms with Gasteiger partial charge < -0.3 is 10.2 Å². The van der Waals surface area contributed by atoms with Crippen LogP contribution in [0.2, 0.25) is 10.0 Å². The van der Waals surface area contributed by atoms with E-state index in [0.717, 1.165) is 29.3 Å². The molecule has 0 saturated carbocycles. The van der Waals surface area contributed by atoms with Gasteiger partial charge in [-0.1, -0.05) is 52.4 Å². The van der Waals surface area contributed by atoms with E-state index in [1.54, 1.807) is 18.5 Å². The summed E-state index contributed by atoms with van der Waals surface area (Å²) in [5, 5.41) is 12.9. The standard InChI is InChI=1S/C19H18Cl2N6OS2/c20-14-5-1-6-15(21)13(14)11-29-19-26-25-18(30-19)24-16(28)12-4-2-9-27(10-12)17-22-7-3-8-23-17/h1,3,5-8,12H,2,4,9-11H2,(H,24,25,28). The number of amides is 1. The van der Waals surface area contributed by atoms with Gasteiger partial charge in [0.1, 0.15) is 0 Å². The lowest BCUT2D eigenvalue weighted by molar-refractivity contribution is -0.120. The summed E-state index contributed by atoms with van der Waals surface area (Å²) in [7, 11) is 0. The zero-order valence-electron chi connectivity index (χ0n) is 15.8. The quantitative estimate of drug-likeness (QED) is 0.401. The molecule has 11 heteroatoms. The normalized spacial score (nSPS) is 16.5. The van der Waals surface area contributed by atoms with E-state index in [1.807, 2.05) is 23.1 Å². The van der Waals surface area contributed by atoms with E-state index in [9.17, 15) is 4.79 Å². The van der Waals surface area contributed by atoms with Crippen molar-refractivity contribution < 1.29 is 4.79 Å². The van der Waals surface area contributed by atoms with Crippen molar-refractivity contribution >= 4 is 63.3 Å². The van der Waals surface area contributed by atoms with Gasteiger partial charge in [-0.05, 0) is 36.6 Å². The van der Waals surface area contributed by atoms with Crippen molar-refractivity contribution in [3.63, 3.8) is 0 Å². The monoisotopic (exact) mass is 480 g/mol. The third kappa shape index (κ3) is 5.21. The minimum atomic E-state index is -0.149. The van der Waals surface area contributed by atoms with Gasteiger partial charge in [0, 0.05) is 41.3 Å². The van der Waals surface area contributed by atoms with Crippen LogP contribution in [0.4, 0.5) is 11.1 Å². The molecule has 1 aliphatic heterocycles. The fourth-order valence-corrected chi connectivity index (χ4v) is 5.65. The molecule has 3 heterocycles. The van der Waals surface area contributed by atoms with Crippen molar-refractivity contribution in [2.24, 2.45) is 5.92 Å². The van der Waals surface area contributed by atoms with Crippen molar-refractivity contribution in [2.45, 2.75) is 22.9 Å². The maximum atomic E-state index is 12.7. The number of rotatable bonds is 6. The van der Waals surface area contributed by atoms with Crippen LogP contribution in [-0.4, -0.2) is 39.2 Å². The summed E-state index contributed by atoms with van der Waals surface area (Å²) >= 11 is 15.2. The Kier molecular flexibility index (Phi) is 7.04. The lowest BCUT2D eigenvalue weighted by Gasteiger charge is -2.31. The Bertz CT molecular complexity index is 999. The minimum Gasteiger partial charge on any atom is -0.340 e. The average molecular weight is 481 g/mol. The highest BCUT2D eigenvalue weighted by Gasteiger charge is 2.27. The number of anilines is 2. The van der Waals surface area contributed by atoms with Gasteiger partial charge in [-0.2, -0.15) is 0 Å². The van der Waals surface area contributed by atoms with E-state index in [2.05, 4.69) is 25.5 Å². The maximum absolute atomic E-state index is 12.7. The molecular formula is C19H18Cl2N6OS2. The summed E-state index contributed by atoms with van der Waals surface area (Å²) in [6.07, 6.45) is 5.15. The Hall–Kier alpha value is -1.94. The molecule has 4 rings (SSSR count). The number of nitrogens with one attached hydrogen (secondary N) is 1. The Balaban J connectivity index is 1.33. The van der Waals surface area contributed by atoms with Gasteiger partial charge in [-0.25, -0.2) is 9.97 Å². The van der Waals surface area contributed by atoms with E-state index in [0.29, 0.717) is 33.4 Å². The predicted molar refractivity (Wildman–Crippen MR) is 122 cm³/mol. The Morgan fingerprint density at radius 1 is 1.20 bits per heavy atom. The highest BCUT2D eigenvalue weighted by molar-refractivity contribution is 8.00. The van der Waals surface area contributed by atoms with Gasteiger partial charge in [0.2, 0.25) is 17.0 Å². The Labute approximate surface area is 192 Å². The van der Waals surface area contributed by atoms with Crippen LogP contribution in [0, 0.1) is 5.92 Å². The van der Waals surface area contributed by atoms with Crippen LogP contribution < -0.4 is 10.2 Å². The number of thioether (sulfide) groups is 1. The van der Waals surface area contributed by atoms with E-state index in [-0.39, 0.29) is 11.8 Å². The number of carbonyl (C=O) groups is 1. The van der Waals surface area contributed by atoms with Gasteiger partial charge in [0.05, 0.1) is 5.92 Å². The van der Waals surface area contributed by atoms with Crippen LogP contribution in [0.25, 0.3) is 0 Å². The summed E-state index contributed by atoms with van der Waals surface area (Å²) in [6.45, 7) is 1.43. The first-order valence-electron chi connectivity index (χ1n) is 9.32. The molecule has 1 unspecified atom stereocenters. The SMILES string of the molecule is O=C(Nc1nnc(SCc2c(Cl)cccc2Cl)s1)C1CCCN(c2ncccn2)C1. The first kappa shape index (κ1) is 21.3. The molecule has 0 aliphatic carbocycles. The molecule has 3 aromatic rings. The van der Waals surface area contributed by atoms with Crippen molar-refractivity contribution in [3.8, 4) is 0 Å². The van der Waals surface area contributed by atoms with Gasteiger partial charge >= 0.3 is 0 Å². The zero-order valence-corrected chi connectivity index (χ0v) is 18.9. The van der Waals surface area contributed by atoms with Gasteiger partial charge in [-0.3, -0.25) is 4.79 Å². The van der Waals surface area contributed by atoms with E-state index < -0.39 is 0 Å². The molecule has 7 nitrogen and oxygen atoms in total. The zero-order chi connectivity index (χ0) is 20.9. The van der Waals surface area contributed by atoms with Crippen molar-refractivity contribution in [1.82, 2.24) is 20.2 Å². The molecule has 30 heavy (non-hydrogen) atoms. The van der Waals surface area contributed by atoms with E-state index in [1.165, 1.54) is 23.1 Å². The number of hydrogen-bond acceptors (Lipinski definition) is 8. The number of carbonyl (C=O) groups excluding carboxylic acids is 1. The summed E-state index contributed by atoms with van der Waals surface area (Å²) in [5.41, 5.74) is 0.858. The Morgan fingerprint density at radius 3 is 2.73 bits per heavy atom. The number of halogens is 2. The van der Waals surface area contributed by atoms with Crippen LogP contribution >= 0.6 is 46.3 Å².